The zero-order valence-electron chi connectivity index (χ0n) is 15.3. The molecule has 0 spiro atoms. The lowest BCUT2D eigenvalue weighted by Crippen LogP contribution is -2.62. The van der Waals surface area contributed by atoms with Crippen molar-refractivity contribution in [3.05, 3.63) is 65.2 Å². The average molecular weight is 373 g/mol. The van der Waals surface area contributed by atoms with Crippen molar-refractivity contribution in [3.63, 3.8) is 0 Å². The van der Waals surface area contributed by atoms with Crippen LogP contribution in [0.1, 0.15) is 36.5 Å². The van der Waals surface area contributed by atoms with Crippen molar-refractivity contribution in [1.29, 1.82) is 5.41 Å². The second-order valence-electron chi connectivity index (χ2n) is 7.07. The summed E-state index contributed by atoms with van der Waals surface area (Å²) in [6, 6.07) is 12.1. The zero-order chi connectivity index (χ0) is 20.0. The molecule has 1 heterocycles. The Morgan fingerprint density at radius 3 is 2.41 bits per heavy atom. The van der Waals surface area contributed by atoms with Crippen LogP contribution in [0.4, 0.5) is 8.78 Å². The van der Waals surface area contributed by atoms with E-state index in [0.29, 0.717) is 11.1 Å². The number of benzene rings is 2. The standard InChI is InChI=1S/C20H21F2N3O2/c1-19(14-5-4-6-15(26)11-14)16(17(27)25(3)18(23)24-19)12-7-9-13(10-8-12)20(2,21)22/h4-11,16,26H,1-3H3,(H2,23,24)/t16-,19-/m1/s1. The summed E-state index contributed by atoms with van der Waals surface area (Å²) in [7, 11) is 1.49. The van der Waals surface area contributed by atoms with Gasteiger partial charge in [0.1, 0.15) is 5.75 Å². The Morgan fingerprint density at radius 2 is 1.85 bits per heavy atom. The molecule has 1 fully saturated rings. The Labute approximate surface area is 156 Å². The van der Waals surface area contributed by atoms with Gasteiger partial charge in [-0.1, -0.05) is 36.4 Å². The van der Waals surface area contributed by atoms with Crippen LogP contribution in [-0.2, 0) is 16.3 Å². The summed E-state index contributed by atoms with van der Waals surface area (Å²) in [6.07, 6.45) is 0. The highest BCUT2D eigenvalue weighted by Crippen LogP contribution is 2.42. The molecular formula is C20H21F2N3O2. The van der Waals surface area contributed by atoms with E-state index in [4.69, 9.17) is 5.41 Å². The molecule has 7 heteroatoms. The highest BCUT2D eigenvalue weighted by Gasteiger charge is 2.48. The van der Waals surface area contributed by atoms with Gasteiger partial charge < -0.3 is 10.4 Å². The van der Waals surface area contributed by atoms with Crippen LogP contribution in [0.15, 0.2) is 48.5 Å². The lowest BCUT2D eigenvalue weighted by molar-refractivity contribution is -0.131. The molecule has 142 valence electrons. The number of hydrogen-bond donors (Lipinski definition) is 3. The third-order valence-corrected chi connectivity index (χ3v) is 5.07. The highest BCUT2D eigenvalue weighted by atomic mass is 19.3. The smallest absolute Gasteiger partial charge is 0.270 e. The number of guanidine groups is 1. The van der Waals surface area contributed by atoms with Crippen molar-refractivity contribution in [2.45, 2.75) is 31.2 Å². The minimum Gasteiger partial charge on any atom is -0.508 e. The van der Waals surface area contributed by atoms with E-state index in [9.17, 15) is 18.7 Å². The van der Waals surface area contributed by atoms with Gasteiger partial charge >= 0.3 is 0 Å². The van der Waals surface area contributed by atoms with Crippen LogP contribution in [0, 0.1) is 5.41 Å². The van der Waals surface area contributed by atoms with E-state index in [2.05, 4.69) is 5.32 Å². The molecule has 1 amide bonds. The average Bonchev–Trinajstić information content (AvgIpc) is 2.59. The van der Waals surface area contributed by atoms with Gasteiger partial charge in [-0.05, 0) is 30.2 Å². The minimum atomic E-state index is -2.97. The fourth-order valence-electron chi connectivity index (χ4n) is 3.46. The number of carbonyl (C=O) groups is 1. The van der Waals surface area contributed by atoms with Crippen LogP contribution in [0.25, 0.3) is 0 Å². The third-order valence-electron chi connectivity index (χ3n) is 5.07. The van der Waals surface area contributed by atoms with Crippen LogP contribution in [0.3, 0.4) is 0 Å². The zero-order valence-corrected chi connectivity index (χ0v) is 15.3. The lowest BCUT2D eigenvalue weighted by Gasteiger charge is -2.46. The number of likely N-dealkylation sites (N-methyl/N-ethyl adjacent to an activating group) is 1. The monoisotopic (exact) mass is 373 g/mol. The molecule has 2 aromatic rings. The Morgan fingerprint density at radius 1 is 1.22 bits per heavy atom. The minimum absolute atomic E-state index is 0.0353. The molecule has 5 nitrogen and oxygen atoms in total. The second-order valence-corrected chi connectivity index (χ2v) is 7.07. The van der Waals surface area contributed by atoms with Gasteiger partial charge in [-0.15, -0.1) is 0 Å². The Hall–Kier alpha value is -2.96. The molecule has 1 saturated heterocycles. The van der Waals surface area contributed by atoms with Crippen LogP contribution in [-0.4, -0.2) is 28.9 Å². The van der Waals surface area contributed by atoms with Gasteiger partial charge in [0.2, 0.25) is 5.91 Å². The topological polar surface area (TPSA) is 76.4 Å². The normalized spacial score (nSPS) is 23.3. The highest BCUT2D eigenvalue weighted by molar-refractivity contribution is 6.02. The largest absolute Gasteiger partial charge is 0.508 e. The van der Waals surface area contributed by atoms with E-state index < -0.39 is 17.4 Å². The molecule has 2 aromatic carbocycles. The van der Waals surface area contributed by atoms with Crippen molar-refractivity contribution in [1.82, 2.24) is 10.2 Å². The summed E-state index contributed by atoms with van der Waals surface area (Å²) >= 11 is 0. The molecular weight excluding hydrogens is 352 g/mol. The van der Waals surface area contributed by atoms with Gasteiger partial charge in [0.25, 0.3) is 5.92 Å². The van der Waals surface area contributed by atoms with E-state index >= 15 is 0 Å². The van der Waals surface area contributed by atoms with Gasteiger partial charge in [0.05, 0.1) is 11.5 Å². The van der Waals surface area contributed by atoms with Gasteiger partial charge in [0.15, 0.2) is 5.96 Å². The Balaban J connectivity index is 2.13. The summed E-state index contributed by atoms with van der Waals surface area (Å²) in [5.74, 6) is -4.11. The molecule has 3 N–H and O–H groups in total. The predicted molar refractivity (Wildman–Crippen MR) is 97.8 cm³/mol. The molecule has 0 aliphatic carbocycles. The van der Waals surface area contributed by atoms with E-state index in [1.807, 2.05) is 0 Å². The van der Waals surface area contributed by atoms with Crippen LogP contribution < -0.4 is 5.32 Å². The first-order valence-electron chi connectivity index (χ1n) is 8.46. The number of carbonyl (C=O) groups excluding carboxylic acids is 1. The van der Waals surface area contributed by atoms with Crippen LogP contribution >= 0.6 is 0 Å². The molecule has 1 aliphatic rings. The fourth-order valence-corrected chi connectivity index (χ4v) is 3.46. The maximum atomic E-state index is 13.5. The molecule has 1 aliphatic heterocycles. The van der Waals surface area contributed by atoms with Crippen molar-refractivity contribution < 1.29 is 18.7 Å². The van der Waals surface area contributed by atoms with E-state index in [1.54, 1.807) is 19.1 Å². The number of aromatic hydroxyl groups is 1. The van der Waals surface area contributed by atoms with Crippen molar-refractivity contribution >= 4 is 11.9 Å². The van der Waals surface area contributed by atoms with Gasteiger partial charge in [0, 0.05) is 19.5 Å². The third kappa shape index (κ3) is 3.25. The molecule has 0 saturated carbocycles. The summed E-state index contributed by atoms with van der Waals surface area (Å²) < 4.78 is 27.1. The van der Waals surface area contributed by atoms with Crippen LogP contribution in [0.5, 0.6) is 5.75 Å². The first-order valence-corrected chi connectivity index (χ1v) is 8.46. The SMILES string of the molecule is CN1C(=N)N[C@](C)(c2cccc(O)c2)[C@H](c2ccc(C(C)(F)F)cc2)C1=O. The number of amides is 1. The molecule has 0 aromatic heterocycles. The summed E-state index contributed by atoms with van der Waals surface area (Å²) in [5, 5.41) is 21.0. The quantitative estimate of drug-likeness (QED) is 0.771. The predicted octanol–water partition coefficient (Wildman–Crippen LogP) is 3.50. The molecule has 0 bridgehead atoms. The molecule has 27 heavy (non-hydrogen) atoms. The molecule has 0 unspecified atom stereocenters. The Bertz CT molecular complexity index is 893. The number of rotatable bonds is 3. The van der Waals surface area contributed by atoms with Gasteiger partial charge in [-0.25, -0.2) is 8.78 Å². The molecule has 3 rings (SSSR count). The van der Waals surface area contributed by atoms with E-state index in [-0.39, 0.29) is 23.2 Å². The van der Waals surface area contributed by atoms with E-state index in [0.717, 1.165) is 6.92 Å². The summed E-state index contributed by atoms with van der Waals surface area (Å²) in [4.78, 5) is 14.2. The van der Waals surface area contributed by atoms with Crippen molar-refractivity contribution in [2.75, 3.05) is 7.05 Å². The maximum Gasteiger partial charge on any atom is 0.270 e. The Kier molecular flexibility index (Phi) is 4.41. The van der Waals surface area contributed by atoms with Gasteiger partial charge in [-0.3, -0.25) is 15.1 Å². The number of nitrogens with zero attached hydrogens (tertiary/aromatic N) is 1. The van der Waals surface area contributed by atoms with Crippen molar-refractivity contribution in [3.8, 4) is 5.75 Å². The van der Waals surface area contributed by atoms with Gasteiger partial charge in [-0.2, -0.15) is 0 Å². The number of halogens is 2. The molecule has 2 atom stereocenters. The number of hydrogen-bond acceptors (Lipinski definition) is 3. The second kappa shape index (κ2) is 6.33. The first-order chi connectivity index (χ1) is 12.5. The first kappa shape index (κ1) is 18.8. The lowest BCUT2D eigenvalue weighted by atomic mass is 9.73. The van der Waals surface area contributed by atoms with E-state index in [1.165, 1.54) is 48.3 Å². The van der Waals surface area contributed by atoms with Crippen LogP contribution in [0.2, 0.25) is 0 Å². The molecule has 0 radical (unpaired) electrons. The fraction of sp³-hybridized carbons (Fsp3) is 0.300. The number of nitrogens with one attached hydrogen (secondary N) is 2. The summed E-state index contributed by atoms with van der Waals surface area (Å²) in [6.45, 7) is 2.58. The summed E-state index contributed by atoms with van der Waals surface area (Å²) in [5.41, 5.74) is -0.00716. The number of phenolic OH excluding ortho intramolecular Hbond substituents is 1. The maximum absolute atomic E-state index is 13.5. The number of alkyl halides is 2. The van der Waals surface area contributed by atoms with Crippen molar-refractivity contribution in [2.24, 2.45) is 0 Å². The number of phenols is 1.